The van der Waals surface area contributed by atoms with Crippen molar-refractivity contribution in [2.75, 3.05) is 6.54 Å². The van der Waals surface area contributed by atoms with E-state index in [-0.39, 0.29) is 12.3 Å². The number of hydrogen-bond donors (Lipinski definition) is 1. The maximum absolute atomic E-state index is 12.1. The lowest BCUT2D eigenvalue weighted by Gasteiger charge is -2.13. The molecule has 0 saturated heterocycles. The minimum absolute atomic E-state index is 0.0936. The van der Waals surface area contributed by atoms with Gasteiger partial charge in [-0.25, -0.2) is 4.98 Å². The first kappa shape index (κ1) is 20.3. The zero-order valence-corrected chi connectivity index (χ0v) is 16.3. The molecule has 0 spiro atoms. The van der Waals surface area contributed by atoms with Crippen LogP contribution in [0.25, 0.3) is 11.3 Å². The quantitative estimate of drug-likeness (QED) is 0.563. The molecule has 0 bridgehead atoms. The Morgan fingerprint density at radius 1 is 1.03 bits per heavy atom. The normalized spacial score (nSPS) is 11.6. The van der Waals surface area contributed by atoms with Gasteiger partial charge in [0.05, 0.1) is 12.6 Å². The van der Waals surface area contributed by atoms with E-state index in [1.54, 1.807) is 13.1 Å². The Morgan fingerprint density at radius 2 is 1.72 bits per heavy atom. The van der Waals surface area contributed by atoms with Crippen molar-refractivity contribution < 1.29 is 18.7 Å². The van der Waals surface area contributed by atoms with Crippen LogP contribution in [-0.2, 0) is 27.2 Å². The Kier molecular flexibility index (Phi) is 7.16. The van der Waals surface area contributed by atoms with Crippen LogP contribution < -0.4 is 5.32 Å². The third-order valence-corrected chi connectivity index (χ3v) is 4.39. The van der Waals surface area contributed by atoms with Crippen molar-refractivity contribution in [3.8, 4) is 11.3 Å². The fraction of sp³-hybridized carbons (Fsp3) is 0.261. The van der Waals surface area contributed by atoms with E-state index in [9.17, 15) is 9.59 Å². The average molecular weight is 392 g/mol. The molecule has 1 heterocycles. The van der Waals surface area contributed by atoms with Crippen LogP contribution in [0.4, 0.5) is 0 Å². The molecule has 150 valence electrons. The molecule has 0 saturated carbocycles. The Bertz CT molecular complexity index is 922. The van der Waals surface area contributed by atoms with Gasteiger partial charge in [0.25, 0.3) is 5.91 Å². The van der Waals surface area contributed by atoms with Crippen molar-refractivity contribution in [2.24, 2.45) is 0 Å². The fourth-order valence-corrected chi connectivity index (χ4v) is 2.80. The molecule has 2 aromatic carbocycles. The van der Waals surface area contributed by atoms with Gasteiger partial charge in [0.1, 0.15) is 0 Å². The van der Waals surface area contributed by atoms with Gasteiger partial charge in [-0.1, -0.05) is 60.7 Å². The number of hydrogen-bond acceptors (Lipinski definition) is 5. The lowest BCUT2D eigenvalue weighted by molar-refractivity contribution is -0.154. The summed E-state index contributed by atoms with van der Waals surface area (Å²) in [7, 11) is 0. The number of esters is 1. The molecule has 3 aromatic rings. The van der Waals surface area contributed by atoms with Crippen LogP contribution in [0, 0.1) is 0 Å². The first-order valence-electron chi connectivity index (χ1n) is 9.63. The molecule has 0 radical (unpaired) electrons. The highest BCUT2D eigenvalue weighted by Gasteiger charge is 2.18. The number of benzene rings is 2. The Hall–Kier alpha value is -3.41. The Morgan fingerprint density at radius 3 is 2.45 bits per heavy atom. The van der Waals surface area contributed by atoms with E-state index in [1.807, 2.05) is 60.7 Å². The van der Waals surface area contributed by atoms with E-state index in [2.05, 4.69) is 10.3 Å². The van der Waals surface area contributed by atoms with Crippen molar-refractivity contribution in [2.45, 2.75) is 32.3 Å². The summed E-state index contributed by atoms with van der Waals surface area (Å²) >= 11 is 0. The Balaban J connectivity index is 1.38. The maximum Gasteiger partial charge on any atom is 0.307 e. The number of amides is 1. The van der Waals surface area contributed by atoms with Gasteiger partial charge in [-0.05, 0) is 18.9 Å². The molecule has 1 amide bonds. The van der Waals surface area contributed by atoms with Gasteiger partial charge in [0.2, 0.25) is 0 Å². The second kappa shape index (κ2) is 10.2. The van der Waals surface area contributed by atoms with Crippen molar-refractivity contribution in [1.29, 1.82) is 0 Å². The zero-order chi connectivity index (χ0) is 20.5. The third-order valence-electron chi connectivity index (χ3n) is 4.39. The molecule has 0 fully saturated rings. The number of nitrogens with zero attached hydrogens (tertiary/aromatic N) is 1. The summed E-state index contributed by atoms with van der Waals surface area (Å²) < 4.78 is 10.9. The van der Waals surface area contributed by atoms with E-state index in [0.29, 0.717) is 24.6 Å². The molecule has 0 aliphatic heterocycles. The van der Waals surface area contributed by atoms with Crippen molar-refractivity contribution >= 4 is 11.9 Å². The largest absolute Gasteiger partial charge is 0.453 e. The number of carbonyl (C=O) groups excluding carboxylic acids is 2. The average Bonchev–Trinajstić information content (AvgIpc) is 3.23. The van der Waals surface area contributed by atoms with Gasteiger partial charge in [-0.3, -0.25) is 9.59 Å². The summed E-state index contributed by atoms with van der Waals surface area (Å²) in [6.45, 7) is 2.05. The standard InChI is InChI=1S/C23H24N2O4/c1-17(23(27)24-15-14-18-8-4-2-5-9-18)28-22(26)13-12-21-25-16-20(29-21)19-10-6-3-7-11-19/h2-11,16-17H,12-15H2,1H3,(H,24,27). The smallest absolute Gasteiger partial charge is 0.307 e. The number of ether oxygens (including phenoxy) is 1. The zero-order valence-electron chi connectivity index (χ0n) is 16.3. The molecule has 0 aliphatic rings. The van der Waals surface area contributed by atoms with E-state index >= 15 is 0 Å². The van der Waals surface area contributed by atoms with Gasteiger partial charge in [-0.2, -0.15) is 0 Å². The summed E-state index contributed by atoms with van der Waals surface area (Å²) in [5.74, 6) is 0.341. The minimum Gasteiger partial charge on any atom is -0.453 e. The number of rotatable bonds is 9. The van der Waals surface area contributed by atoms with Gasteiger partial charge in [0.15, 0.2) is 17.8 Å². The lowest BCUT2D eigenvalue weighted by atomic mass is 10.1. The number of carbonyl (C=O) groups is 2. The van der Waals surface area contributed by atoms with Gasteiger partial charge in [0, 0.05) is 18.5 Å². The van der Waals surface area contributed by atoms with Crippen LogP contribution in [-0.4, -0.2) is 29.5 Å². The number of aromatic nitrogens is 1. The summed E-state index contributed by atoms with van der Waals surface area (Å²) in [4.78, 5) is 28.3. The van der Waals surface area contributed by atoms with Gasteiger partial charge in [-0.15, -0.1) is 0 Å². The highest BCUT2D eigenvalue weighted by molar-refractivity contribution is 5.83. The van der Waals surface area contributed by atoms with E-state index in [4.69, 9.17) is 9.15 Å². The van der Waals surface area contributed by atoms with Crippen molar-refractivity contribution in [3.05, 3.63) is 78.3 Å². The topological polar surface area (TPSA) is 81.4 Å². The highest BCUT2D eigenvalue weighted by atomic mass is 16.5. The third kappa shape index (κ3) is 6.31. The molecule has 3 rings (SSSR count). The number of aryl methyl sites for hydroxylation is 1. The van der Waals surface area contributed by atoms with Crippen LogP contribution in [0.2, 0.25) is 0 Å². The summed E-state index contributed by atoms with van der Waals surface area (Å²) in [5, 5.41) is 2.78. The van der Waals surface area contributed by atoms with E-state index in [0.717, 1.165) is 17.5 Å². The van der Waals surface area contributed by atoms with Gasteiger partial charge < -0.3 is 14.5 Å². The first-order chi connectivity index (χ1) is 14.1. The number of oxazole rings is 1. The van der Waals surface area contributed by atoms with Crippen LogP contribution >= 0.6 is 0 Å². The Labute approximate surface area is 169 Å². The lowest BCUT2D eigenvalue weighted by Crippen LogP contribution is -2.36. The molecule has 1 atom stereocenters. The van der Waals surface area contributed by atoms with Gasteiger partial charge >= 0.3 is 5.97 Å². The molecule has 1 unspecified atom stereocenters. The predicted molar refractivity (Wildman–Crippen MR) is 109 cm³/mol. The molecule has 6 heteroatoms. The minimum atomic E-state index is -0.845. The summed E-state index contributed by atoms with van der Waals surface area (Å²) in [5.41, 5.74) is 2.06. The van der Waals surface area contributed by atoms with E-state index < -0.39 is 12.1 Å². The SMILES string of the molecule is CC(OC(=O)CCc1ncc(-c2ccccc2)o1)C(=O)NCCc1ccccc1. The van der Waals surface area contributed by atoms with Crippen LogP contribution in [0.15, 0.2) is 71.3 Å². The monoisotopic (exact) mass is 392 g/mol. The molecular formula is C23H24N2O4. The molecule has 6 nitrogen and oxygen atoms in total. The van der Waals surface area contributed by atoms with E-state index in [1.165, 1.54) is 0 Å². The summed E-state index contributed by atoms with van der Waals surface area (Å²) in [6, 6.07) is 19.5. The predicted octanol–water partition coefficient (Wildman–Crippen LogP) is 3.56. The molecule has 29 heavy (non-hydrogen) atoms. The number of nitrogens with one attached hydrogen (secondary N) is 1. The molecule has 1 N–H and O–H groups in total. The fourth-order valence-electron chi connectivity index (χ4n) is 2.80. The molecule has 1 aromatic heterocycles. The van der Waals surface area contributed by atoms with Crippen molar-refractivity contribution in [1.82, 2.24) is 10.3 Å². The maximum atomic E-state index is 12.1. The van der Waals surface area contributed by atoms with Crippen LogP contribution in [0.1, 0.15) is 24.8 Å². The second-order valence-corrected chi connectivity index (χ2v) is 6.64. The summed E-state index contributed by atoms with van der Waals surface area (Å²) in [6.07, 6.45) is 1.92. The second-order valence-electron chi connectivity index (χ2n) is 6.64. The highest BCUT2D eigenvalue weighted by Crippen LogP contribution is 2.20. The molecule has 0 aliphatic carbocycles. The van der Waals surface area contributed by atoms with Crippen molar-refractivity contribution in [3.63, 3.8) is 0 Å². The van der Waals surface area contributed by atoms with Crippen LogP contribution in [0.5, 0.6) is 0 Å². The van der Waals surface area contributed by atoms with Crippen LogP contribution in [0.3, 0.4) is 0 Å². The molecular weight excluding hydrogens is 368 g/mol. The first-order valence-corrected chi connectivity index (χ1v) is 9.63.